The number of carbonyl (C=O) groups is 1. The van der Waals surface area contributed by atoms with Gasteiger partial charge in [0.25, 0.3) is 0 Å². The van der Waals surface area contributed by atoms with E-state index >= 15 is 0 Å². The van der Waals surface area contributed by atoms with Gasteiger partial charge in [0.15, 0.2) is 5.78 Å². The Hall–Kier alpha value is -1.87. The minimum Gasteiger partial charge on any atom is -0.362 e. The Morgan fingerprint density at radius 1 is 1.13 bits per heavy atom. The first-order valence-corrected chi connectivity index (χ1v) is 11.8. The van der Waals surface area contributed by atoms with Crippen LogP contribution >= 0.6 is 0 Å². The lowest BCUT2D eigenvalue weighted by Crippen LogP contribution is -2.52. The molecule has 1 aliphatic heterocycles. The SMILES string of the molecule is CC(C)(C)C1OC2CCC3(C)C(CCC4Cc5c([nH]c6ccccc56)C43)C2=CC1=O. The lowest BCUT2D eigenvalue weighted by Gasteiger charge is -2.55. The number of benzene rings is 1. The Balaban J connectivity index is 1.41. The first kappa shape index (κ1) is 18.9. The highest BCUT2D eigenvalue weighted by molar-refractivity contribution is 5.96. The maximum Gasteiger partial charge on any atom is 0.185 e. The van der Waals surface area contributed by atoms with Crippen LogP contribution in [-0.2, 0) is 16.0 Å². The molecule has 3 aliphatic carbocycles. The second kappa shape index (κ2) is 6.09. The number of aromatic amines is 1. The third-order valence-corrected chi connectivity index (χ3v) is 8.80. The van der Waals surface area contributed by atoms with Crippen LogP contribution in [0.4, 0.5) is 0 Å². The zero-order valence-electron chi connectivity index (χ0n) is 18.6. The van der Waals surface area contributed by atoms with Gasteiger partial charge >= 0.3 is 0 Å². The maximum atomic E-state index is 13.0. The Morgan fingerprint density at radius 2 is 1.93 bits per heavy atom. The highest BCUT2D eigenvalue weighted by Crippen LogP contribution is 2.64. The molecule has 0 amide bonds. The van der Waals surface area contributed by atoms with Crippen molar-refractivity contribution in [3.8, 4) is 0 Å². The number of ketones is 1. The summed E-state index contributed by atoms with van der Waals surface area (Å²) in [4.78, 5) is 16.8. The standard InChI is InChI=1S/C27H33NO2/c1-26(2,3)25-21(29)14-18-19-10-9-15-13-17-16-7-5-6-8-20(16)28-24(17)23(15)27(19,4)12-11-22(18)30-25/h5-8,14-15,19,22-23,25,28H,9-13H2,1-4H3. The molecule has 1 N–H and O–H groups in total. The number of hydrogen-bond donors (Lipinski definition) is 1. The van der Waals surface area contributed by atoms with Gasteiger partial charge in [-0.1, -0.05) is 45.9 Å². The van der Waals surface area contributed by atoms with Crippen LogP contribution in [0.1, 0.15) is 70.6 Å². The van der Waals surface area contributed by atoms with Crippen LogP contribution in [0.15, 0.2) is 35.9 Å². The van der Waals surface area contributed by atoms with Crippen LogP contribution in [0, 0.1) is 22.7 Å². The van der Waals surface area contributed by atoms with E-state index in [9.17, 15) is 4.79 Å². The molecule has 2 aromatic rings. The Morgan fingerprint density at radius 3 is 2.73 bits per heavy atom. The van der Waals surface area contributed by atoms with Crippen molar-refractivity contribution in [2.75, 3.05) is 0 Å². The molecular weight excluding hydrogens is 370 g/mol. The molecule has 3 heteroatoms. The van der Waals surface area contributed by atoms with Gasteiger partial charge in [0, 0.05) is 22.5 Å². The molecule has 0 saturated heterocycles. The van der Waals surface area contributed by atoms with E-state index in [0.717, 1.165) is 12.3 Å². The monoisotopic (exact) mass is 403 g/mol. The highest BCUT2D eigenvalue weighted by atomic mass is 16.5. The number of para-hydroxylation sites is 1. The largest absolute Gasteiger partial charge is 0.362 e. The van der Waals surface area contributed by atoms with E-state index in [2.05, 4.69) is 56.9 Å². The zero-order chi connectivity index (χ0) is 20.8. The van der Waals surface area contributed by atoms with E-state index in [-0.39, 0.29) is 28.8 Å². The number of carbonyl (C=O) groups excluding carboxylic acids is 1. The van der Waals surface area contributed by atoms with Crippen LogP contribution in [-0.4, -0.2) is 23.0 Å². The van der Waals surface area contributed by atoms with Gasteiger partial charge in [-0.05, 0) is 78.0 Å². The molecule has 30 heavy (non-hydrogen) atoms. The van der Waals surface area contributed by atoms with Crippen LogP contribution < -0.4 is 0 Å². The van der Waals surface area contributed by atoms with Gasteiger partial charge in [-0.3, -0.25) is 4.79 Å². The van der Waals surface area contributed by atoms with E-state index in [1.165, 1.54) is 47.9 Å². The quantitative estimate of drug-likeness (QED) is 0.591. The summed E-state index contributed by atoms with van der Waals surface area (Å²) in [5, 5.41) is 1.42. The number of rotatable bonds is 0. The molecular formula is C27H33NO2. The van der Waals surface area contributed by atoms with E-state index in [4.69, 9.17) is 4.74 Å². The van der Waals surface area contributed by atoms with E-state index in [1.54, 1.807) is 5.56 Å². The number of aromatic nitrogens is 1. The number of nitrogens with one attached hydrogen (secondary N) is 1. The normalized spacial score (nSPS) is 37.9. The van der Waals surface area contributed by atoms with Gasteiger partial charge in [0.05, 0.1) is 6.10 Å². The van der Waals surface area contributed by atoms with Crippen LogP contribution in [0.3, 0.4) is 0 Å². The van der Waals surface area contributed by atoms with Crippen molar-refractivity contribution in [2.24, 2.45) is 22.7 Å². The molecule has 2 saturated carbocycles. The highest BCUT2D eigenvalue weighted by Gasteiger charge is 2.57. The van der Waals surface area contributed by atoms with Crippen molar-refractivity contribution < 1.29 is 9.53 Å². The summed E-state index contributed by atoms with van der Waals surface area (Å²) in [6.07, 6.45) is 7.70. The van der Waals surface area contributed by atoms with Gasteiger partial charge in [0.2, 0.25) is 0 Å². The summed E-state index contributed by atoms with van der Waals surface area (Å²) >= 11 is 0. The first-order valence-electron chi connectivity index (χ1n) is 11.8. The molecule has 2 heterocycles. The van der Waals surface area contributed by atoms with E-state index in [1.807, 2.05) is 6.08 Å². The zero-order valence-corrected chi connectivity index (χ0v) is 18.6. The van der Waals surface area contributed by atoms with Crippen molar-refractivity contribution in [3.05, 3.63) is 47.2 Å². The summed E-state index contributed by atoms with van der Waals surface area (Å²) < 4.78 is 6.46. The molecule has 0 bridgehead atoms. The molecule has 1 aromatic carbocycles. The average Bonchev–Trinajstić information content (AvgIpc) is 3.22. The molecule has 4 aliphatic rings. The Kier molecular flexibility index (Phi) is 3.83. The Labute approximate surface area is 179 Å². The number of hydrogen-bond acceptors (Lipinski definition) is 2. The van der Waals surface area contributed by atoms with Crippen LogP contribution in [0.25, 0.3) is 10.9 Å². The van der Waals surface area contributed by atoms with E-state index < -0.39 is 0 Å². The van der Waals surface area contributed by atoms with E-state index in [0.29, 0.717) is 11.8 Å². The van der Waals surface area contributed by atoms with Gasteiger partial charge in [-0.15, -0.1) is 0 Å². The second-order valence-corrected chi connectivity index (χ2v) is 11.6. The maximum absolute atomic E-state index is 13.0. The third-order valence-electron chi connectivity index (χ3n) is 8.80. The molecule has 0 spiro atoms. The summed E-state index contributed by atoms with van der Waals surface area (Å²) in [5.74, 6) is 1.94. The van der Waals surface area contributed by atoms with Crippen molar-refractivity contribution >= 4 is 16.7 Å². The fraction of sp³-hybridized carbons (Fsp3) is 0.593. The van der Waals surface area contributed by atoms with Crippen LogP contribution in [0.5, 0.6) is 0 Å². The smallest absolute Gasteiger partial charge is 0.185 e. The van der Waals surface area contributed by atoms with Crippen molar-refractivity contribution in [2.45, 2.75) is 77.9 Å². The molecule has 158 valence electrons. The summed E-state index contributed by atoms with van der Waals surface area (Å²) in [6.45, 7) is 8.85. The molecule has 3 nitrogen and oxygen atoms in total. The molecule has 6 unspecified atom stereocenters. The third kappa shape index (κ3) is 2.45. The fourth-order valence-electron chi connectivity index (χ4n) is 7.54. The average molecular weight is 404 g/mol. The summed E-state index contributed by atoms with van der Waals surface area (Å²) in [6, 6.07) is 8.78. The first-order chi connectivity index (χ1) is 14.3. The fourth-order valence-corrected chi connectivity index (χ4v) is 7.54. The minimum absolute atomic E-state index is 0.130. The molecule has 1 aromatic heterocycles. The van der Waals surface area contributed by atoms with Gasteiger partial charge in [-0.2, -0.15) is 0 Å². The number of ether oxygens (including phenoxy) is 1. The summed E-state index contributed by atoms with van der Waals surface area (Å²) in [7, 11) is 0. The number of H-pyrrole nitrogens is 1. The topological polar surface area (TPSA) is 42.1 Å². The van der Waals surface area contributed by atoms with Gasteiger partial charge in [0.1, 0.15) is 6.10 Å². The molecule has 2 fully saturated rings. The number of fused-ring (bicyclic) bond motifs is 9. The predicted molar refractivity (Wildman–Crippen MR) is 120 cm³/mol. The predicted octanol–water partition coefficient (Wildman–Crippen LogP) is 5.94. The second-order valence-electron chi connectivity index (χ2n) is 11.6. The van der Waals surface area contributed by atoms with Gasteiger partial charge < -0.3 is 9.72 Å². The lowest BCUT2D eigenvalue weighted by molar-refractivity contribution is -0.145. The Bertz CT molecular complexity index is 1070. The summed E-state index contributed by atoms with van der Waals surface area (Å²) in [5.41, 5.74) is 5.68. The van der Waals surface area contributed by atoms with Crippen molar-refractivity contribution in [1.82, 2.24) is 4.98 Å². The lowest BCUT2D eigenvalue weighted by atomic mass is 9.51. The minimum atomic E-state index is -0.307. The molecule has 6 atom stereocenters. The van der Waals surface area contributed by atoms with Crippen LogP contribution in [0.2, 0.25) is 0 Å². The molecule has 6 rings (SSSR count). The van der Waals surface area contributed by atoms with Crippen molar-refractivity contribution in [3.63, 3.8) is 0 Å². The van der Waals surface area contributed by atoms with Crippen molar-refractivity contribution in [1.29, 1.82) is 0 Å². The van der Waals surface area contributed by atoms with Gasteiger partial charge in [-0.25, -0.2) is 0 Å². The molecule has 0 radical (unpaired) electrons.